The second kappa shape index (κ2) is 6.89. The summed E-state index contributed by atoms with van der Waals surface area (Å²) in [5.74, 6) is 0.357. The van der Waals surface area contributed by atoms with E-state index in [1.165, 1.54) is 7.11 Å². The van der Waals surface area contributed by atoms with E-state index in [4.69, 9.17) is 4.74 Å². The SMILES string of the molecule is CCCN[C@@H](CC(C)C)C(=O)OC. The molecule has 3 heteroatoms. The molecule has 0 aliphatic rings. The van der Waals surface area contributed by atoms with Gasteiger partial charge in [-0.3, -0.25) is 4.79 Å². The monoisotopic (exact) mass is 187 g/mol. The lowest BCUT2D eigenvalue weighted by Gasteiger charge is -2.17. The number of ether oxygens (including phenoxy) is 1. The van der Waals surface area contributed by atoms with E-state index in [0.29, 0.717) is 5.92 Å². The molecule has 0 radical (unpaired) electrons. The predicted molar refractivity (Wildman–Crippen MR) is 53.6 cm³/mol. The van der Waals surface area contributed by atoms with E-state index in [1.807, 2.05) is 0 Å². The van der Waals surface area contributed by atoms with Crippen molar-refractivity contribution in [3.63, 3.8) is 0 Å². The van der Waals surface area contributed by atoms with Gasteiger partial charge in [0.05, 0.1) is 7.11 Å². The number of hydrogen-bond acceptors (Lipinski definition) is 3. The third kappa shape index (κ3) is 5.64. The molecule has 0 fully saturated rings. The smallest absolute Gasteiger partial charge is 0.322 e. The number of esters is 1. The highest BCUT2D eigenvalue weighted by Crippen LogP contribution is 2.05. The Bertz CT molecular complexity index is 146. The maximum Gasteiger partial charge on any atom is 0.322 e. The molecule has 0 aromatic heterocycles. The zero-order valence-electron chi connectivity index (χ0n) is 9.09. The minimum absolute atomic E-state index is 0.134. The quantitative estimate of drug-likeness (QED) is 0.641. The Labute approximate surface area is 80.8 Å². The van der Waals surface area contributed by atoms with Crippen LogP contribution in [0.2, 0.25) is 0 Å². The summed E-state index contributed by atoms with van der Waals surface area (Å²) in [5.41, 5.74) is 0. The van der Waals surface area contributed by atoms with Crippen LogP contribution in [-0.4, -0.2) is 25.7 Å². The number of hydrogen-bond donors (Lipinski definition) is 1. The number of rotatable bonds is 6. The maximum atomic E-state index is 11.3. The molecule has 0 bridgehead atoms. The van der Waals surface area contributed by atoms with Crippen molar-refractivity contribution in [3.05, 3.63) is 0 Å². The van der Waals surface area contributed by atoms with E-state index in [0.717, 1.165) is 19.4 Å². The number of carbonyl (C=O) groups excluding carboxylic acids is 1. The Morgan fingerprint density at radius 3 is 2.46 bits per heavy atom. The normalized spacial score (nSPS) is 13.0. The van der Waals surface area contributed by atoms with E-state index < -0.39 is 0 Å². The summed E-state index contributed by atoms with van der Waals surface area (Å²) in [7, 11) is 1.43. The minimum Gasteiger partial charge on any atom is -0.468 e. The summed E-state index contributed by atoms with van der Waals surface area (Å²) >= 11 is 0. The molecular formula is C10H21NO2. The van der Waals surface area contributed by atoms with E-state index in [1.54, 1.807) is 0 Å². The predicted octanol–water partition coefficient (Wildman–Crippen LogP) is 1.57. The number of nitrogens with one attached hydrogen (secondary N) is 1. The average Bonchev–Trinajstić information content (AvgIpc) is 2.10. The summed E-state index contributed by atoms with van der Waals surface area (Å²) < 4.78 is 4.71. The van der Waals surface area contributed by atoms with Gasteiger partial charge in [0, 0.05) is 0 Å². The fourth-order valence-electron chi connectivity index (χ4n) is 1.20. The second-order valence-electron chi connectivity index (χ2n) is 3.66. The molecule has 1 N–H and O–H groups in total. The number of methoxy groups -OCH3 is 1. The third-order valence-corrected chi connectivity index (χ3v) is 1.83. The van der Waals surface area contributed by atoms with Gasteiger partial charge in [-0.1, -0.05) is 20.8 Å². The molecule has 13 heavy (non-hydrogen) atoms. The first-order chi connectivity index (χ1) is 6.11. The average molecular weight is 187 g/mol. The Hall–Kier alpha value is -0.570. The Balaban J connectivity index is 3.94. The molecule has 0 unspecified atom stereocenters. The first kappa shape index (κ1) is 12.4. The van der Waals surface area contributed by atoms with Crippen molar-refractivity contribution < 1.29 is 9.53 Å². The van der Waals surface area contributed by atoms with Crippen LogP contribution in [0.15, 0.2) is 0 Å². The van der Waals surface area contributed by atoms with Crippen molar-refractivity contribution in [2.24, 2.45) is 5.92 Å². The first-order valence-corrected chi connectivity index (χ1v) is 4.93. The lowest BCUT2D eigenvalue weighted by molar-refractivity contribution is -0.143. The topological polar surface area (TPSA) is 38.3 Å². The van der Waals surface area contributed by atoms with Crippen molar-refractivity contribution in [1.82, 2.24) is 5.32 Å². The van der Waals surface area contributed by atoms with E-state index in [9.17, 15) is 4.79 Å². The van der Waals surface area contributed by atoms with Gasteiger partial charge in [0.25, 0.3) is 0 Å². The van der Waals surface area contributed by atoms with Crippen LogP contribution < -0.4 is 5.32 Å². The summed E-state index contributed by atoms with van der Waals surface area (Å²) in [5, 5.41) is 3.18. The highest BCUT2D eigenvalue weighted by molar-refractivity contribution is 5.75. The van der Waals surface area contributed by atoms with Crippen LogP contribution in [0.3, 0.4) is 0 Å². The fourth-order valence-corrected chi connectivity index (χ4v) is 1.20. The molecule has 0 aromatic rings. The molecule has 3 nitrogen and oxygen atoms in total. The molecule has 78 valence electrons. The van der Waals surface area contributed by atoms with Gasteiger partial charge in [-0.2, -0.15) is 0 Å². The van der Waals surface area contributed by atoms with Gasteiger partial charge in [0.1, 0.15) is 6.04 Å². The lowest BCUT2D eigenvalue weighted by atomic mass is 10.0. The van der Waals surface area contributed by atoms with Crippen LogP contribution in [0.1, 0.15) is 33.6 Å². The molecule has 0 spiro atoms. The molecule has 1 atom stereocenters. The molecule has 0 saturated heterocycles. The summed E-state index contributed by atoms with van der Waals surface area (Å²) in [6, 6.07) is -0.134. The molecular weight excluding hydrogens is 166 g/mol. The first-order valence-electron chi connectivity index (χ1n) is 4.93. The molecule has 0 heterocycles. The van der Waals surface area contributed by atoms with Crippen molar-refractivity contribution in [2.75, 3.05) is 13.7 Å². The second-order valence-corrected chi connectivity index (χ2v) is 3.66. The minimum atomic E-state index is -0.151. The molecule has 0 rings (SSSR count). The van der Waals surface area contributed by atoms with Gasteiger partial charge in [-0.25, -0.2) is 0 Å². The van der Waals surface area contributed by atoms with Gasteiger partial charge < -0.3 is 10.1 Å². The third-order valence-electron chi connectivity index (χ3n) is 1.83. The Morgan fingerprint density at radius 2 is 2.08 bits per heavy atom. The summed E-state index contributed by atoms with van der Waals surface area (Å²) in [6.07, 6.45) is 1.87. The Morgan fingerprint density at radius 1 is 1.46 bits per heavy atom. The largest absolute Gasteiger partial charge is 0.468 e. The van der Waals surface area contributed by atoms with Gasteiger partial charge in [-0.15, -0.1) is 0 Å². The van der Waals surface area contributed by atoms with E-state index in [-0.39, 0.29) is 12.0 Å². The fraction of sp³-hybridized carbons (Fsp3) is 0.900. The molecule has 0 aliphatic carbocycles. The van der Waals surface area contributed by atoms with Crippen molar-refractivity contribution in [1.29, 1.82) is 0 Å². The van der Waals surface area contributed by atoms with Crippen molar-refractivity contribution in [2.45, 2.75) is 39.7 Å². The molecule has 0 aliphatic heterocycles. The van der Waals surface area contributed by atoms with Gasteiger partial charge in [0.2, 0.25) is 0 Å². The van der Waals surface area contributed by atoms with Gasteiger partial charge in [0.15, 0.2) is 0 Å². The Kier molecular flexibility index (Phi) is 6.59. The summed E-state index contributed by atoms with van der Waals surface area (Å²) in [4.78, 5) is 11.3. The van der Waals surface area contributed by atoms with Gasteiger partial charge >= 0.3 is 5.97 Å². The zero-order chi connectivity index (χ0) is 10.3. The number of carbonyl (C=O) groups is 1. The van der Waals surface area contributed by atoms with Crippen molar-refractivity contribution >= 4 is 5.97 Å². The standard InChI is InChI=1S/C10H21NO2/c1-5-6-11-9(7-8(2)3)10(12)13-4/h8-9,11H,5-7H2,1-4H3/t9-/m0/s1. The van der Waals surface area contributed by atoms with Crippen LogP contribution in [0.25, 0.3) is 0 Å². The van der Waals surface area contributed by atoms with Crippen LogP contribution in [0, 0.1) is 5.92 Å². The van der Waals surface area contributed by atoms with E-state index in [2.05, 4.69) is 26.1 Å². The highest BCUT2D eigenvalue weighted by atomic mass is 16.5. The maximum absolute atomic E-state index is 11.3. The van der Waals surface area contributed by atoms with Crippen LogP contribution >= 0.6 is 0 Å². The van der Waals surface area contributed by atoms with Crippen LogP contribution in [-0.2, 0) is 9.53 Å². The molecule has 0 amide bonds. The van der Waals surface area contributed by atoms with Crippen LogP contribution in [0.4, 0.5) is 0 Å². The lowest BCUT2D eigenvalue weighted by Crippen LogP contribution is -2.39. The van der Waals surface area contributed by atoms with Crippen LogP contribution in [0.5, 0.6) is 0 Å². The molecule has 0 aromatic carbocycles. The summed E-state index contributed by atoms with van der Waals surface area (Å²) in [6.45, 7) is 7.15. The van der Waals surface area contributed by atoms with Crippen molar-refractivity contribution in [3.8, 4) is 0 Å². The molecule has 0 saturated carbocycles. The highest BCUT2D eigenvalue weighted by Gasteiger charge is 2.18. The zero-order valence-corrected chi connectivity index (χ0v) is 9.09. The van der Waals surface area contributed by atoms with E-state index >= 15 is 0 Å². The van der Waals surface area contributed by atoms with Gasteiger partial charge in [-0.05, 0) is 25.3 Å².